The second kappa shape index (κ2) is 9.81. The van der Waals surface area contributed by atoms with Gasteiger partial charge in [-0.1, -0.05) is 37.6 Å². The van der Waals surface area contributed by atoms with Crippen molar-refractivity contribution in [2.24, 2.45) is 0 Å². The summed E-state index contributed by atoms with van der Waals surface area (Å²) in [7, 11) is 0. The Bertz CT molecular complexity index is 1600. The van der Waals surface area contributed by atoms with Crippen molar-refractivity contribution in [3.8, 4) is 11.5 Å². The average Bonchev–Trinajstić information content (AvgIpc) is 3.34. The number of hydrogen-bond acceptors (Lipinski definition) is 5. The molecule has 0 spiro atoms. The van der Waals surface area contributed by atoms with Gasteiger partial charge in [-0.05, 0) is 59.5 Å². The molecule has 5 rings (SSSR count). The maximum absolute atomic E-state index is 13.6. The minimum Gasteiger partial charge on any atom is -0.478 e. The SMILES string of the molecule is CCCc1cc2c(cc1Cn1c(C(=O)O)c(Cc3cccc(C(=O)O)c3)c(=O)c3ccccc31)OCO2. The molecule has 37 heavy (non-hydrogen) atoms. The van der Waals surface area contributed by atoms with Crippen LogP contribution in [0.3, 0.4) is 0 Å². The van der Waals surface area contributed by atoms with E-state index in [0.717, 1.165) is 24.0 Å². The lowest BCUT2D eigenvalue weighted by molar-refractivity contribution is 0.0677. The van der Waals surface area contributed by atoms with Crippen LogP contribution < -0.4 is 14.9 Å². The van der Waals surface area contributed by atoms with Crippen LogP contribution in [-0.4, -0.2) is 33.5 Å². The van der Waals surface area contributed by atoms with E-state index < -0.39 is 11.9 Å². The number of para-hydroxylation sites is 1. The van der Waals surface area contributed by atoms with Crippen LogP contribution in [0.5, 0.6) is 11.5 Å². The maximum Gasteiger partial charge on any atom is 0.352 e. The van der Waals surface area contributed by atoms with E-state index in [2.05, 4.69) is 6.92 Å². The van der Waals surface area contributed by atoms with E-state index in [1.54, 1.807) is 41.0 Å². The van der Waals surface area contributed by atoms with Gasteiger partial charge >= 0.3 is 11.9 Å². The van der Waals surface area contributed by atoms with Gasteiger partial charge in [0.1, 0.15) is 5.69 Å². The Balaban J connectivity index is 1.72. The molecule has 1 aromatic heterocycles. The molecule has 8 nitrogen and oxygen atoms in total. The first kappa shape index (κ1) is 24.1. The van der Waals surface area contributed by atoms with Crippen molar-refractivity contribution in [1.29, 1.82) is 0 Å². The van der Waals surface area contributed by atoms with Gasteiger partial charge in [-0.2, -0.15) is 0 Å². The lowest BCUT2D eigenvalue weighted by Gasteiger charge is -2.20. The number of benzene rings is 3. The van der Waals surface area contributed by atoms with Crippen molar-refractivity contribution in [1.82, 2.24) is 4.57 Å². The van der Waals surface area contributed by atoms with Crippen LogP contribution in [0.15, 0.2) is 65.5 Å². The van der Waals surface area contributed by atoms with Crippen LogP contribution in [0.1, 0.15) is 56.4 Å². The highest BCUT2D eigenvalue weighted by molar-refractivity contribution is 5.93. The molecule has 188 valence electrons. The Hall–Kier alpha value is -4.59. The summed E-state index contributed by atoms with van der Waals surface area (Å²) >= 11 is 0. The summed E-state index contributed by atoms with van der Waals surface area (Å²) in [4.78, 5) is 37.7. The molecular weight excluding hydrogens is 474 g/mol. The van der Waals surface area contributed by atoms with Gasteiger partial charge in [0.25, 0.3) is 0 Å². The molecule has 0 unspecified atom stereocenters. The first-order valence-corrected chi connectivity index (χ1v) is 12.0. The van der Waals surface area contributed by atoms with Gasteiger partial charge in [0, 0.05) is 23.9 Å². The van der Waals surface area contributed by atoms with Crippen molar-refractivity contribution in [2.45, 2.75) is 32.7 Å². The van der Waals surface area contributed by atoms with Crippen LogP contribution in [-0.2, 0) is 19.4 Å². The highest BCUT2D eigenvalue weighted by atomic mass is 16.7. The zero-order chi connectivity index (χ0) is 26.1. The van der Waals surface area contributed by atoms with Gasteiger partial charge in [0.2, 0.25) is 6.79 Å². The molecular formula is C29H25NO7. The first-order chi connectivity index (χ1) is 17.9. The van der Waals surface area contributed by atoms with Gasteiger partial charge in [-0.15, -0.1) is 0 Å². The molecule has 0 bridgehead atoms. The van der Waals surface area contributed by atoms with Crippen molar-refractivity contribution >= 4 is 22.8 Å². The second-order valence-corrected chi connectivity index (χ2v) is 8.97. The number of aromatic carboxylic acids is 2. The van der Waals surface area contributed by atoms with E-state index in [1.165, 1.54) is 12.1 Å². The van der Waals surface area contributed by atoms with Crippen molar-refractivity contribution in [3.05, 3.63) is 104 Å². The number of pyridine rings is 1. The predicted molar refractivity (Wildman–Crippen MR) is 137 cm³/mol. The minimum absolute atomic E-state index is 0.0185. The average molecular weight is 500 g/mol. The molecule has 0 aliphatic carbocycles. The van der Waals surface area contributed by atoms with Crippen LogP contribution in [0.4, 0.5) is 0 Å². The van der Waals surface area contributed by atoms with E-state index >= 15 is 0 Å². The largest absolute Gasteiger partial charge is 0.478 e. The summed E-state index contributed by atoms with van der Waals surface area (Å²) < 4.78 is 12.8. The van der Waals surface area contributed by atoms with Crippen LogP contribution >= 0.6 is 0 Å². The fourth-order valence-electron chi connectivity index (χ4n) is 4.89. The van der Waals surface area contributed by atoms with Crippen molar-refractivity contribution in [2.75, 3.05) is 6.79 Å². The third kappa shape index (κ3) is 4.53. The van der Waals surface area contributed by atoms with Gasteiger partial charge in [-0.3, -0.25) is 4.79 Å². The minimum atomic E-state index is -1.23. The van der Waals surface area contributed by atoms with E-state index in [9.17, 15) is 24.6 Å². The summed E-state index contributed by atoms with van der Waals surface area (Å²) in [6.07, 6.45) is 1.63. The number of carboxylic acids is 2. The molecule has 0 fully saturated rings. The Labute approximate surface area is 212 Å². The van der Waals surface area contributed by atoms with Gasteiger partial charge in [0.05, 0.1) is 11.1 Å². The topological polar surface area (TPSA) is 115 Å². The summed E-state index contributed by atoms with van der Waals surface area (Å²) in [5, 5.41) is 20.1. The van der Waals surface area contributed by atoms with E-state index in [1.807, 2.05) is 12.1 Å². The van der Waals surface area contributed by atoms with E-state index in [0.29, 0.717) is 28.0 Å². The maximum atomic E-state index is 13.6. The standard InChI is InChI=1S/C29H25NO7/c1-2-6-18-13-24-25(37-16-36-24)14-20(18)15-30-23-10-4-3-9-21(23)27(31)22(26(30)29(34)35)12-17-7-5-8-19(11-17)28(32)33/h3-5,7-11,13-14H,2,6,12,15-16H2,1H3,(H,32,33)(H,34,35). The summed E-state index contributed by atoms with van der Waals surface area (Å²) in [5.74, 6) is -1.07. The predicted octanol–water partition coefficient (Wildman–Crippen LogP) is 4.72. The molecule has 0 atom stereocenters. The molecule has 1 aliphatic heterocycles. The molecule has 2 N–H and O–H groups in total. The Morgan fingerprint density at radius 2 is 1.65 bits per heavy atom. The molecule has 0 saturated carbocycles. The number of carbonyl (C=O) groups is 2. The summed E-state index contributed by atoms with van der Waals surface area (Å²) in [5.41, 5.74) is 2.60. The normalized spacial score (nSPS) is 12.1. The monoisotopic (exact) mass is 499 g/mol. The number of hydrogen-bond donors (Lipinski definition) is 2. The number of ether oxygens (including phenoxy) is 2. The molecule has 3 aromatic carbocycles. The molecule has 4 aromatic rings. The Kier molecular flexibility index (Phi) is 6.40. The smallest absolute Gasteiger partial charge is 0.352 e. The van der Waals surface area contributed by atoms with Crippen molar-refractivity contribution in [3.63, 3.8) is 0 Å². The zero-order valence-corrected chi connectivity index (χ0v) is 20.2. The number of aromatic nitrogens is 1. The number of rotatable bonds is 8. The third-order valence-electron chi connectivity index (χ3n) is 6.57. The fourth-order valence-corrected chi connectivity index (χ4v) is 4.89. The lowest BCUT2D eigenvalue weighted by atomic mass is 9.97. The van der Waals surface area contributed by atoms with Crippen molar-refractivity contribution < 1.29 is 29.3 Å². The molecule has 8 heteroatoms. The van der Waals surface area contributed by atoms with E-state index in [4.69, 9.17) is 9.47 Å². The summed E-state index contributed by atoms with van der Waals surface area (Å²) in [6, 6.07) is 16.9. The Morgan fingerprint density at radius 3 is 2.35 bits per heavy atom. The molecule has 1 aliphatic rings. The number of nitrogens with zero attached hydrogens (tertiary/aromatic N) is 1. The van der Waals surface area contributed by atoms with Crippen LogP contribution in [0, 0.1) is 0 Å². The molecule has 0 radical (unpaired) electrons. The van der Waals surface area contributed by atoms with E-state index in [-0.39, 0.29) is 42.0 Å². The molecule has 0 saturated heterocycles. The quantitative estimate of drug-likeness (QED) is 0.361. The lowest BCUT2D eigenvalue weighted by Crippen LogP contribution is -2.25. The van der Waals surface area contributed by atoms with Crippen LogP contribution in [0.25, 0.3) is 10.9 Å². The highest BCUT2D eigenvalue weighted by Gasteiger charge is 2.24. The van der Waals surface area contributed by atoms with Gasteiger partial charge in [-0.25, -0.2) is 9.59 Å². The number of carboxylic acid groups (broad SMARTS) is 2. The summed E-state index contributed by atoms with van der Waals surface area (Å²) in [6.45, 7) is 2.40. The van der Waals surface area contributed by atoms with Gasteiger partial charge in [0.15, 0.2) is 16.9 Å². The third-order valence-corrected chi connectivity index (χ3v) is 6.57. The van der Waals surface area contributed by atoms with Gasteiger partial charge < -0.3 is 24.3 Å². The van der Waals surface area contributed by atoms with Crippen LogP contribution in [0.2, 0.25) is 0 Å². The fraction of sp³-hybridized carbons (Fsp3) is 0.207. The number of fused-ring (bicyclic) bond motifs is 2. The number of aryl methyl sites for hydroxylation is 1. The highest BCUT2D eigenvalue weighted by Crippen LogP contribution is 2.36. The Morgan fingerprint density at radius 1 is 0.919 bits per heavy atom. The second-order valence-electron chi connectivity index (χ2n) is 8.97. The molecule has 2 heterocycles. The molecule has 0 amide bonds. The zero-order valence-electron chi connectivity index (χ0n) is 20.2. The first-order valence-electron chi connectivity index (χ1n) is 12.0.